The molecular weight excluding hydrogens is 1730 g/mol. The van der Waals surface area contributed by atoms with Crippen LogP contribution >= 0.6 is 0 Å². The van der Waals surface area contributed by atoms with E-state index in [1.807, 2.05) is 20.8 Å². The fourth-order valence-electron chi connectivity index (χ4n) is 23.2. The van der Waals surface area contributed by atoms with Crippen LogP contribution in [-0.4, -0.2) is 445 Å². The standard InChI is InChI=1S/C83H130O46/c1-28-42(92)46(96)50(100)69(114-28)126-62-57(117-31(4)88)30(3)116-73(64(62)128-72-55(105)60(124-70-51(101)47(97)44(94)36(21-84)118-70)56(29(2)115-72)121-68-54(104)58(35(90)24-112-68)122-75-65(106)82(110,26-87)27-113-75)129-76(109)83-18-17-77(5,6)19-33(83)32-11-12-39-78(7)15-14-41(79(8,25-86)38(78)13-16-80(39,9)81(32,10)20-40(83)91)120-74-63(127-71-52(102)48(98)45(95)37(22-85)119-71)59(53(103)61(125-74)66(107)108)123-67-49(99)43(93)34(89)23-111-67/h11,25,28-30,33-65,67-75,84-85,87,89-106,110H,12-24,26-27H2,1-10H3,(H,107,108). The van der Waals surface area contributed by atoms with Crippen molar-refractivity contribution in [3.05, 3.63) is 11.6 Å². The second-order valence-electron chi connectivity index (χ2n) is 39.4. The zero-order valence-corrected chi connectivity index (χ0v) is 72.9. The summed E-state index contributed by atoms with van der Waals surface area (Å²) in [5.74, 6) is -5.60. The van der Waals surface area contributed by atoms with Crippen LogP contribution in [0.1, 0.15) is 127 Å². The first-order valence-electron chi connectivity index (χ1n) is 44.1. The van der Waals surface area contributed by atoms with E-state index in [-0.39, 0.29) is 44.4 Å². The summed E-state index contributed by atoms with van der Waals surface area (Å²) in [6.45, 7) is 12.1. The Morgan fingerprint density at radius 2 is 0.961 bits per heavy atom. The van der Waals surface area contributed by atoms with Gasteiger partial charge in [-0.1, -0.05) is 53.2 Å². The molecule has 0 aromatic heterocycles. The molecule has 9 saturated heterocycles. The third kappa shape index (κ3) is 18.0. The molecule has 46 heteroatoms. The quantitative estimate of drug-likeness (QED) is 0.0185. The molecule has 5 aliphatic carbocycles. The Kier molecular flexibility index (Phi) is 30.2. The zero-order chi connectivity index (χ0) is 94.2. The van der Waals surface area contributed by atoms with Crippen molar-refractivity contribution in [1.82, 2.24) is 0 Å². The smallest absolute Gasteiger partial charge is 0.335 e. The molecule has 0 spiro atoms. The minimum absolute atomic E-state index is 0.0230. The molecule has 0 bridgehead atoms. The van der Waals surface area contributed by atoms with Crippen molar-refractivity contribution in [2.45, 2.75) is 391 Å². The van der Waals surface area contributed by atoms with E-state index in [2.05, 4.69) is 19.9 Å². The van der Waals surface area contributed by atoms with Crippen molar-refractivity contribution < 1.29 is 227 Å². The average molecular weight is 1860 g/mol. The second kappa shape index (κ2) is 38.6. The van der Waals surface area contributed by atoms with Gasteiger partial charge in [-0.05, 0) is 118 Å². The molecule has 738 valence electrons. The summed E-state index contributed by atoms with van der Waals surface area (Å²) in [4.78, 5) is 57.7. The molecule has 13 fully saturated rings. The Bertz CT molecular complexity index is 3890. The fourth-order valence-corrected chi connectivity index (χ4v) is 23.2. The Morgan fingerprint density at radius 3 is 1.55 bits per heavy atom. The lowest BCUT2D eigenvalue weighted by molar-refractivity contribution is -0.404. The van der Waals surface area contributed by atoms with E-state index in [0.717, 1.165) is 18.8 Å². The van der Waals surface area contributed by atoms with Crippen LogP contribution in [0.5, 0.6) is 0 Å². The fraction of sp³-hybridized carbons (Fsp3) is 0.928. The summed E-state index contributed by atoms with van der Waals surface area (Å²) in [5, 5.41) is 257. The molecule has 51 unspecified atom stereocenters. The number of aliphatic hydroxyl groups is 22. The number of aliphatic carboxylic acids is 1. The third-order valence-corrected chi connectivity index (χ3v) is 31.0. The molecule has 4 saturated carbocycles. The number of allylic oxidation sites excluding steroid dienone is 2. The van der Waals surface area contributed by atoms with Gasteiger partial charge in [0.2, 0.25) is 6.29 Å². The van der Waals surface area contributed by atoms with Crippen molar-refractivity contribution in [1.29, 1.82) is 0 Å². The lowest BCUT2D eigenvalue weighted by Crippen LogP contribution is -2.70. The molecule has 14 rings (SSSR count). The molecule has 0 aromatic rings. The third-order valence-electron chi connectivity index (χ3n) is 31.0. The summed E-state index contributed by atoms with van der Waals surface area (Å²) >= 11 is 0. The lowest BCUT2D eigenvalue weighted by Gasteiger charge is -2.71. The summed E-state index contributed by atoms with van der Waals surface area (Å²) < 4.78 is 117. The van der Waals surface area contributed by atoms with Gasteiger partial charge in [0.25, 0.3) is 0 Å². The number of fused-ring (bicyclic) bond motifs is 7. The van der Waals surface area contributed by atoms with Gasteiger partial charge < -0.3 is 212 Å². The minimum atomic E-state index is -2.36. The van der Waals surface area contributed by atoms with Crippen LogP contribution in [0, 0.1) is 50.2 Å². The summed E-state index contributed by atoms with van der Waals surface area (Å²) in [6, 6.07) is 0. The van der Waals surface area contributed by atoms with Gasteiger partial charge in [-0.3, -0.25) is 9.59 Å². The zero-order valence-electron chi connectivity index (χ0n) is 72.9. The molecule has 14 aliphatic rings. The Morgan fingerprint density at radius 1 is 0.457 bits per heavy atom. The Labute approximate surface area is 740 Å². The second-order valence-corrected chi connectivity index (χ2v) is 39.4. The molecular formula is C83H130O46. The molecule has 23 N–H and O–H groups in total. The average Bonchev–Trinajstić information content (AvgIpc) is 1.43. The van der Waals surface area contributed by atoms with E-state index in [1.165, 1.54) is 20.8 Å². The predicted octanol–water partition coefficient (Wildman–Crippen LogP) is -9.10. The van der Waals surface area contributed by atoms with Crippen molar-refractivity contribution in [2.24, 2.45) is 50.2 Å². The van der Waals surface area contributed by atoms with E-state index < -0.39 is 366 Å². The van der Waals surface area contributed by atoms with Gasteiger partial charge in [-0.2, -0.15) is 0 Å². The number of rotatable bonds is 24. The van der Waals surface area contributed by atoms with E-state index in [1.54, 1.807) is 6.92 Å². The van der Waals surface area contributed by atoms with Crippen LogP contribution in [0.15, 0.2) is 11.6 Å². The van der Waals surface area contributed by atoms with E-state index in [9.17, 15) is 132 Å². The molecule has 0 amide bonds. The van der Waals surface area contributed by atoms with Crippen LogP contribution in [0.3, 0.4) is 0 Å². The van der Waals surface area contributed by atoms with E-state index >= 15 is 4.79 Å². The van der Waals surface area contributed by atoms with Crippen molar-refractivity contribution >= 4 is 24.2 Å². The highest BCUT2D eigenvalue weighted by atomic mass is 16.8. The van der Waals surface area contributed by atoms with Gasteiger partial charge in [-0.25, -0.2) is 4.79 Å². The highest BCUT2D eigenvalue weighted by Crippen LogP contribution is 2.76. The molecule has 46 nitrogen and oxygen atoms in total. The van der Waals surface area contributed by atoms with Gasteiger partial charge in [0, 0.05) is 6.92 Å². The maximum atomic E-state index is 16.7. The molecule has 9 aliphatic heterocycles. The van der Waals surface area contributed by atoms with Gasteiger partial charge >= 0.3 is 17.9 Å². The number of esters is 2. The first-order valence-corrected chi connectivity index (χ1v) is 44.1. The van der Waals surface area contributed by atoms with Crippen LogP contribution in [0.2, 0.25) is 0 Å². The number of aldehydes is 1. The minimum Gasteiger partial charge on any atom is -0.479 e. The monoisotopic (exact) mass is 1860 g/mol. The highest BCUT2D eigenvalue weighted by molar-refractivity contribution is 5.80. The number of carboxylic acid groups (broad SMARTS) is 1. The number of aliphatic hydroxyl groups excluding tert-OH is 21. The molecule has 0 radical (unpaired) electrons. The van der Waals surface area contributed by atoms with Crippen LogP contribution in [0.4, 0.5) is 0 Å². The molecule has 51 atom stereocenters. The number of ether oxygens (including phenoxy) is 19. The van der Waals surface area contributed by atoms with Crippen molar-refractivity contribution in [3.8, 4) is 0 Å². The van der Waals surface area contributed by atoms with Crippen LogP contribution in [-0.2, 0) is 109 Å². The van der Waals surface area contributed by atoms with Gasteiger partial charge in [0.1, 0.15) is 170 Å². The number of hydrogen-bond acceptors (Lipinski definition) is 45. The first kappa shape index (κ1) is 101. The highest BCUT2D eigenvalue weighted by Gasteiger charge is 2.74. The molecule has 9 heterocycles. The Hall–Kier alpha value is -3.74. The molecule has 129 heavy (non-hydrogen) atoms. The van der Waals surface area contributed by atoms with Crippen molar-refractivity contribution in [3.63, 3.8) is 0 Å². The van der Waals surface area contributed by atoms with Gasteiger partial charge in [-0.15, -0.1) is 0 Å². The largest absolute Gasteiger partial charge is 0.479 e. The normalized spacial score (nSPS) is 54.1. The summed E-state index contributed by atoms with van der Waals surface area (Å²) in [6.07, 6.45) is -75.7. The number of hydrogen-bond donors (Lipinski definition) is 23. The topological polar surface area (TPSA) is 709 Å². The first-order chi connectivity index (χ1) is 60.5. The Balaban J connectivity index is 0.780. The maximum absolute atomic E-state index is 16.7. The molecule has 0 aromatic carbocycles. The van der Waals surface area contributed by atoms with E-state index in [4.69, 9.17) is 90.0 Å². The predicted molar refractivity (Wildman–Crippen MR) is 416 cm³/mol. The van der Waals surface area contributed by atoms with Crippen molar-refractivity contribution in [2.75, 3.05) is 39.6 Å². The summed E-state index contributed by atoms with van der Waals surface area (Å²) in [5.41, 5.74) is -8.00. The van der Waals surface area contributed by atoms with E-state index in [0.29, 0.717) is 19.3 Å². The number of carboxylic acids is 1. The SMILES string of the molecule is CC(=O)OC1C(C)OC(OC(=O)C23CCC(C)(C)CC2C2=CCC4C5(C)CCC(OC6OC(C(=O)O)C(O)C(OC7OCC(O)C(O)C7O)C6OC6OC(CO)C(O)C(O)C6O)C(C)(C=O)C5CCC4(C)C2(C)CC3O)C(OC2OC(C)C(OC3OCC(O)C(OC4OCC(O)(CO)C4O)C3O)C(OC3OC(CO)C(O)C(O)C3O)C2O)C1OC1OC(C)C(O)C(O)C1O. The maximum Gasteiger partial charge on any atom is 0.335 e. The van der Waals surface area contributed by atoms with Gasteiger partial charge in [0.05, 0.1) is 75.6 Å². The summed E-state index contributed by atoms with van der Waals surface area (Å²) in [7, 11) is 0. The number of carbonyl (C=O) groups is 4. The van der Waals surface area contributed by atoms with Crippen LogP contribution in [0.25, 0.3) is 0 Å². The lowest BCUT2D eigenvalue weighted by atomic mass is 9.33. The van der Waals surface area contributed by atoms with Crippen LogP contribution < -0.4 is 0 Å². The van der Waals surface area contributed by atoms with Gasteiger partial charge in [0.15, 0.2) is 68.6 Å². The number of carbonyl (C=O) groups excluding carboxylic acids is 3.